The maximum absolute atomic E-state index is 12.4. The van der Waals surface area contributed by atoms with Crippen LogP contribution in [-0.4, -0.2) is 54.3 Å². The average Bonchev–Trinajstić information content (AvgIpc) is 2.94. The number of benzene rings is 1. The third kappa shape index (κ3) is 5.31. The number of piperidine rings is 1. The van der Waals surface area contributed by atoms with Gasteiger partial charge in [-0.25, -0.2) is 0 Å². The first-order valence-corrected chi connectivity index (χ1v) is 10.1. The van der Waals surface area contributed by atoms with Gasteiger partial charge in [-0.2, -0.15) is 0 Å². The van der Waals surface area contributed by atoms with Crippen LogP contribution in [0.4, 0.5) is 0 Å². The molecule has 0 aliphatic carbocycles. The minimum absolute atomic E-state index is 0.0454. The highest BCUT2D eigenvalue weighted by molar-refractivity contribution is 5.85. The fourth-order valence-electron chi connectivity index (χ4n) is 4.01. The van der Waals surface area contributed by atoms with Gasteiger partial charge in [0.2, 0.25) is 11.8 Å². The molecule has 26 heavy (non-hydrogen) atoms. The van der Waals surface area contributed by atoms with Gasteiger partial charge in [0.25, 0.3) is 0 Å². The molecule has 1 atom stereocenters. The van der Waals surface area contributed by atoms with Crippen LogP contribution in [0.25, 0.3) is 0 Å². The molecule has 0 spiro atoms. The molecule has 1 unspecified atom stereocenters. The predicted octanol–water partition coefficient (Wildman–Crippen LogP) is 2.73. The summed E-state index contributed by atoms with van der Waals surface area (Å²) in [6, 6.07) is 10.7. The highest BCUT2D eigenvalue weighted by Gasteiger charge is 2.24. The molecule has 2 fully saturated rings. The summed E-state index contributed by atoms with van der Waals surface area (Å²) >= 11 is 0. The zero-order valence-electron chi connectivity index (χ0n) is 15.7. The summed E-state index contributed by atoms with van der Waals surface area (Å²) in [5, 5.41) is 3.09. The minimum atomic E-state index is -0.0454. The number of carbonyl (C=O) groups is 2. The van der Waals surface area contributed by atoms with E-state index in [1.165, 1.54) is 31.2 Å². The molecule has 5 nitrogen and oxygen atoms in total. The largest absolute Gasteiger partial charge is 0.353 e. The molecule has 1 aromatic carbocycles. The van der Waals surface area contributed by atoms with Crippen LogP contribution in [0.2, 0.25) is 0 Å². The summed E-state index contributed by atoms with van der Waals surface area (Å²) in [7, 11) is 0. The molecule has 2 saturated heterocycles. The third-order valence-electron chi connectivity index (χ3n) is 5.51. The molecule has 2 heterocycles. The molecule has 2 aliphatic rings. The second-order valence-electron chi connectivity index (χ2n) is 7.45. The van der Waals surface area contributed by atoms with E-state index in [4.69, 9.17) is 0 Å². The normalized spacial score (nSPS) is 20.5. The number of likely N-dealkylation sites (tertiary alicyclic amines) is 2. The Morgan fingerprint density at radius 3 is 2.35 bits per heavy atom. The number of nitrogens with one attached hydrogen (secondary N) is 1. The molecule has 3 rings (SSSR count). The Bertz CT molecular complexity index is 582. The number of rotatable bonds is 6. The van der Waals surface area contributed by atoms with E-state index in [-0.39, 0.29) is 24.4 Å². The van der Waals surface area contributed by atoms with Gasteiger partial charge in [0, 0.05) is 19.5 Å². The second-order valence-corrected chi connectivity index (χ2v) is 7.45. The van der Waals surface area contributed by atoms with E-state index in [9.17, 15) is 9.59 Å². The van der Waals surface area contributed by atoms with E-state index in [0.29, 0.717) is 19.5 Å². The van der Waals surface area contributed by atoms with Crippen molar-refractivity contribution >= 4 is 11.8 Å². The lowest BCUT2D eigenvalue weighted by molar-refractivity contribution is -0.137. The van der Waals surface area contributed by atoms with Crippen molar-refractivity contribution in [2.45, 2.75) is 51.0 Å². The van der Waals surface area contributed by atoms with Gasteiger partial charge in [0.1, 0.15) is 0 Å². The Kier molecular flexibility index (Phi) is 7.06. The van der Waals surface area contributed by atoms with Crippen LogP contribution in [0.15, 0.2) is 30.3 Å². The van der Waals surface area contributed by atoms with Gasteiger partial charge < -0.3 is 10.2 Å². The van der Waals surface area contributed by atoms with Crippen molar-refractivity contribution in [3.8, 4) is 0 Å². The lowest BCUT2D eigenvalue weighted by atomic mass is 10.0. The first kappa shape index (κ1) is 18.9. The Morgan fingerprint density at radius 1 is 0.962 bits per heavy atom. The Labute approximate surface area is 156 Å². The van der Waals surface area contributed by atoms with Gasteiger partial charge in [-0.3, -0.25) is 14.5 Å². The van der Waals surface area contributed by atoms with Crippen LogP contribution in [0.1, 0.15) is 56.6 Å². The van der Waals surface area contributed by atoms with E-state index in [2.05, 4.69) is 34.5 Å². The smallest absolute Gasteiger partial charge is 0.239 e. The van der Waals surface area contributed by atoms with Crippen molar-refractivity contribution in [2.24, 2.45) is 0 Å². The summed E-state index contributed by atoms with van der Waals surface area (Å²) in [5.74, 6) is 0.0644. The van der Waals surface area contributed by atoms with Crippen molar-refractivity contribution in [3.05, 3.63) is 35.9 Å². The first-order valence-electron chi connectivity index (χ1n) is 10.1. The van der Waals surface area contributed by atoms with Gasteiger partial charge in [0.15, 0.2) is 0 Å². The van der Waals surface area contributed by atoms with Gasteiger partial charge in [-0.15, -0.1) is 0 Å². The van der Waals surface area contributed by atoms with Gasteiger partial charge in [-0.1, -0.05) is 43.2 Å². The van der Waals surface area contributed by atoms with Crippen molar-refractivity contribution in [2.75, 3.05) is 32.7 Å². The summed E-state index contributed by atoms with van der Waals surface area (Å²) in [5.41, 5.74) is 1.25. The maximum Gasteiger partial charge on any atom is 0.239 e. The second kappa shape index (κ2) is 9.72. The lowest BCUT2D eigenvalue weighted by Crippen LogP contribution is -2.45. The molecular formula is C21H31N3O2. The monoisotopic (exact) mass is 357 g/mol. The topological polar surface area (TPSA) is 52.7 Å². The number of hydrogen-bond donors (Lipinski definition) is 1. The van der Waals surface area contributed by atoms with Crippen molar-refractivity contribution < 1.29 is 9.59 Å². The van der Waals surface area contributed by atoms with Gasteiger partial charge in [0.05, 0.1) is 12.6 Å². The molecule has 1 aromatic rings. The predicted molar refractivity (Wildman–Crippen MR) is 103 cm³/mol. The SMILES string of the molecule is O=C(CN1CCCCC1=O)NCC(c1ccccc1)N1CCCCCC1. The van der Waals surface area contributed by atoms with E-state index in [1.54, 1.807) is 4.90 Å². The Balaban J connectivity index is 1.60. The van der Waals surface area contributed by atoms with Gasteiger partial charge in [-0.05, 0) is 44.3 Å². The van der Waals surface area contributed by atoms with Crippen molar-refractivity contribution in [3.63, 3.8) is 0 Å². The molecule has 2 aliphatic heterocycles. The van der Waals surface area contributed by atoms with Crippen molar-refractivity contribution in [1.82, 2.24) is 15.1 Å². The van der Waals surface area contributed by atoms with Crippen LogP contribution in [0, 0.1) is 0 Å². The fourth-order valence-corrected chi connectivity index (χ4v) is 4.01. The summed E-state index contributed by atoms with van der Waals surface area (Å²) in [6.45, 7) is 3.67. The Hall–Kier alpha value is -1.88. The summed E-state index contributed by atoms with van der Waals surface area (Å²) < 4.78 is 0. The zero-order valence-corrected chi connectivity index (χ0v) is 15.7. The van der Waals surface area contributed by atoms with Crippen LogP contribution in [0.3, 0.4) is 0 Å². The molecule has 5 heteroatoms. The number of amides is 2. The molecule has 0 saturated carbocycles. The van der Waals surface area contributed by atoms with Crippen LogP contribution in [0.5, 0.6) is 0 Å². The fraction of sp³-hybridized carbons (Fsp3) is 0.619. The quantitative estimate of drug-likeness (QED) is 0.852. The third-order valence-corrected chi connectivity index (χ3v) is 5.51. The highest BCUT2D eigenvalue weighted by atomic mass is 16.2. The molecule has 1 N–H and O–H groups in total. The van der Waals surface area contributed by atoms with E-state index >= 15 is 0 Å². The summed E-state index contributed by atoms with van der Waals surface area (Å²) in [6.07, 6.45) is 7.55. The first-order chi connectivity index (χ1) is 12.7. The molecule has 142 valence electrons. The molecule has 0 radical (unpaired) electrons. The zero-order chi connectivity index (χ0) is 18.2. The molecule has 0 aromatic heterocycles. The van der Waals surface area contributed by atoms with Crippen LogP contribution in [-0.2, 0) is 9.59 Å². The average molecular weight is 357 g/mol. The summed E-state index contributed by atoms with van der Waals surface area (Å²) in [4.78, 5) is 28.5. The number of nitrogens with zero attached hydrogens (tertiary/aromatic N) is 2. The highest BCUT2D eigenvalue weighted by Crippen LogP contribution is 2.23. The Morgan fingerprint density at radius 2 is 1.65 bits per heavy atom. The number of hydrogen-bond acceptors (Lipinski definition) is 3. The molecular weight excluding hydrogens is 326 g/mol. The maximum atomic E-state index is 12.4. The van der Waals surface area contributed by atoms with Crippen molar-refractivity contribution in [1.29, 1.82) is 0 Å². The van der Waals surface area contributed by atoms with E-state index in [0.717, 1.165) is 25.9 Å². The number of carbonyl (C=O) groups excluding carboxylic acids is 2. The van der Waals surface area contributed by atoms with E-state index < -0.39 is 0 Å². The van der Waals surface area contributed by atoms with Gasteiger partial charge >= 0.3 is 0 Å². The molecule has 2 amide bonds. The lowest BCUT2D eigenvalue weighted by Gasteiger charge is -2.32. The molecule has 0 bridgehead atoms. The van der Waals surface area contributed by atoms with Crippen LogP contribution < -0.4 is 5.32 Å². The van der Waals surface area contributed by atoms with Crippen LogP contribution >= 0.6 is 0 Å². The minimum Gasteiger partial charge on any atom is -0.353 e. The van der Waals surface area contributed by atoms with E-state index in [1.807, 2.05) is 6.07 Å². The standard InChI is InChI=1S/C21H31N3O2/c25-20(17-24-15-9-6-12-21(24)26)22-16-19(18-10-4-3-5-11-18)23-13-7-1-2-8-14-23/h3-5,10-11,19H,1-2,6-9,12-17H2,(H,22,25).